The fourth-order valence-electron chi connectivity index (χ4n) is 2.56. The first-order valence-corrected chi connectivity index (χ1v) is 6.15. The average Bonchev–Trinajstić information content (AvgIpc) is 2.21. The van der Waals surface area contributed by atoms with Gasteiger partial charge < -0.3 is 5.11 Å². The predicted octanol–water partition coefficient (Wildman–Crippen LogP) is 2.56. The molecule has 2 rings (SSSR count). The Labute approximate surface area is 102 Å². The van der Waals surface area contributed by atoms with Crippen LogP contribution in [-0.2, 0) is 6.54 Å². The Morgan fingerprint density at radius 1 is 1.47 bits per heavy atom. The minimum absolute atomic E-state index is 0.0238. The van der Waals surface area contributed by atoms with Crippen molar-refractivity contribution in [2.45, 2.75) is 44.9 Å². The Morgan fingerprint density at radius 2 is 2.24 bits per heavy atom. The van der Waals surface area contributed by atoms with Crippen LogP contribution in [0.15, 0.2) is 24.3 Å². The summed E-state index contributed by atoms with van der Waals surface area (Å²) in [5, 5.41) is 9.69. The maximum Gasteiger partial charge on any atom is 0.123 e. The molecule has 0 amide bonds. The molecular formula is C14H20FNO. The van der Waals surface area contributed by atoms with Gasteiger partial charge in [0.1, 0.15) is 5.82 Å². The van der Waals surface area contributed by atoms with Crippen LogP contribution in [0.1, 0.15) is 32.3 Å². The molecule has 1 atom stereocenters. The van der Waals surface area contributed by atoms with E-state index in [1.165, 1.54) is 6.07 Å². The quantitative estimate of drug-likeness (QED) is 0.854. The molecule has 94 valence electrons. The number of benzene rings is 1. The zero-order valence-corrected chi connectivity index (χ0v) is 10.5. The molecule has 1 aliphatic heterocycles. The molecule has 0 spiro atoms. The first-order valence-electron chi connectivity index (χ1n) is 6.15. The van der Waals surface area contributed by atoms with Gasteiger partial charge >= 0.3 is 0 Å². The van der Waals surface area contributed by atoms with Crippen molar-refractivity contribution in [1.29, 1.82) is 0 Å². The minimum atomic E-state index is -0.200. The molecule has 1 aliphatic rings. The summed E-state index contributed by atoms with van der Waals surface area (Å²) in [6.45, 7) is 5.88. The van der Waals surface area contributed by atoms with E-state index in [9.17, 15) is 9.50 Å². The van der Waals surface area contributed by atoms with Crippen molar-refractivity contribution in [2.75, 3.05) is 6.54 Å². The van der Waals surface area contributed by atoms with Crippen LogP contribution >= 0.6 is 0 Å². The molecule has 0 bridgehead atoms. The van der Waals surface area contributed by atoms with Gasteiger partial charge in [0.15, 0.2) is 0 Å². The Balaban J connectivity index is 2.08. The molecule has 1 heterocycles. The van der Waals surface area contributed by atoms with E-state index in [1.54, 1.807) is 12.1 Å². The van der Waals surface area contributed by atoms with Crippen LogP contribution in [0.3, 0.4) is 0 Å². The van der Waals surface area contributed by atoms with Crippen molar-refractivity contribution in [2.24, 2.45) is 0 Å². The molecule has 0 aliphatic carbocycles. The summed E-state index contributed by atoms with van der Waals surface area (Å²) in [4.78, 5) is 2.31. The Hall–Kier alpha value is -0.930. The molecule has 1 unspecified atom stereocenters. The third kappa shape index (κ3) is 3.05. The topological polar surface area (TPSA) is 23.5 Å². The van der Waals surface area contributed by atoms with Crippen LogP contribution in [0.4, 0.5) is 4.39 Å². The van der Waals surface area contributed by atoms with Crippen molar-refractivity contribution >= 4 is 0 Å². The Morgan fingerprint density at radius 3 is 2.88 bits per heavy atom. The van der Waals surface area contributed by atoms with E-state index in [0.29, 0.717) is 0 Å². The van der Waals surface area contributed by atoms with Gasteiger partial charge in [0.05, 0.1) is 6.10 Å². The van der Waals surface area contributed by atoms with Gasteiger partial charge in [-0.15, -0.1) is 0 Å². The maximum atomic E-state index is 13.1. The molecule has 0 saturated carbocycles. The van der Waals surface area contributed by atoms with Crippen molar-refractivity contribution in [3.63, 3.8) is 0 Å². The summed E-state index contributed by atoms with van der Waals surface area (Å²) in [7, 11) is 0. The molecule has 17 heavy (non-hydrogen) atoms. The SMILES string of the molecule is CC1(C)CC(O)CCN1Cc1cccc(F)c1. The number of piperidine rings is 1. The second kappa shape index (κ2) is 4.75. The molecule has 1 fully saturated rings. The van der Waals surface area contributed by atoms with Crippen LogP contribution in [0.2, 0.25) is 0 Å². The highest BCUT2D eigenvalue weighted by molar-refractivity contribution is 5.16. The smallest absolute Gasteiger partial charge is 0.123 e. The van der Waals surface area contributed by atoms with Crippen molar-refractivity contribution in [1.82, 2.24) is 4.90 Å². The normalized spacial score (nSPS) is 24.8. The minimum Gasteiger partial charge on any atom is -0.393 e. The monoisotopic (exact) mass is 237 g/mol. The number of nitrogens with zero attached hydrogens (tertiary/aromatic N) is 1. The number of halogens is 1. The highest BCUT2D eigenvalue weighted by Crippen LogP contribution is 2.29. The summed E-state index contributed by atoms with van der Waals surface area (Å²) >= 11 is 0. The zero-order chi connectivity index (χ0) is 12.5. The first kappa shape index (κ1) is 12.5. The third-order valence-corrected chi connectivity index (χ3v) is 3.59. The lowest BCUT2D eigenvalue weighted by molar-refractivity contribution is -0.00721. The third-order valence-electron chi connectivity index (χ3n) is 3.59. The van der Waals surface area contributed by atoms with E-state index in [4.69, 9.17) is 0 Å². The van der Waals surface area contributed by atoms with E-state index in [-0.39, 0.29) is 17.5 Å². The standard InChI is InChI=1S/C14H20FNO/c1-14(2)9-13(17)6-7-16(14)10-11-4-3-5-12(15)8-11/h3-5,8,13,17H,6-7,9-10H2,1-2H3. The van der Waals surface area contributed by atoms with E-state index >= 15 is 0 Å². The molecular weight excluding hydrogens is 217 g/mol. The Bertz CT molecular complexity index is 392. The zero-order valence-electron chi connectivity index (χ0n) is 10.5. The summed E-state index contributed by atoms with van der Waals surface area (Å²) in [5.74, 6) is -0.183. The molecule has 1 N–H and O–H groups in total. The molecule has 1 saturated heterocycles. The van der Waals surface area contributed by atoms with Gasteiger partial charge in [0.2, 0.25) is 0 Å². The lowest BCUT2D eigenvalue weighted by atomic mass is 9.88. The molecule has 2 nitrogen and oxygen atoms in total. The van der Waals surface area contributed by atoms with Gasteiger partial charge in [-0.05, 0) is 44.4 Å². The number of hydrogen-bond donors (Lipinski definition) is 1. The summed E-state index contributed by atoms with van der Waals surface area (Å²) in [5.41, 5.74) is 0.971. The van der Waals surface area contributed by atoms with Crippen LogP contribution in [0.25, 0.3) is 0 Å². The molecule has 1 aromatic carbocycles. The number of aliphatic hydroxyl groups excluding tert-OH is 1. The van der Waals surface area contributed by atoms with Gasteiger partial charge in [-0.1, -0.05) is 12.1 Å². The van der Waals surface area contributed by atoms with Crippen molar-refractivity contribution in [3.8, 4) is 0 Å². The lowest BCUT2D eigenvalue weighted by Gasteiger charge is -2.44. The van der Waals surface area contributed by atoms with Crippen molar-refractivity contribution in [3.05, 3.63) is 35.6 Å². The number of aliphatic hydroxyl groups is 1. The van der Waals surface area contributed by atoms with Crippen LogP contribution in [-0.4, -0.2) is 28.2 Å². The molecule has 3 heteroatoms. The lowest BCUT2D eigenvalue weighted by Crippen LogP contribution is -2.50. The van der Waals surface area contributed by atoms with Gasteiger partial charge in [0.25, 0.3) is 0 Å². The fourth-order valence-corrected chi connectivity index (χ4v) is 2.56. The maximum absolute atomic E-state index is 13.1. The van der Waals surface area contributed by atoms with Crippen LogP contribution in [0, 0.1) is 5.82 Å². The van der Waals surface area contributed by atoms with E-state index < -0.39 is 0 Å². The second-order valence-electron chi connectivity index (χ2n) is 5.51. The van der Waals surface area contributed by atoms with Gasteiger partial charge in [0, 0.05) is 18.6 Å². The summed E-state index contributed by atoms with van der Waals surface area (Å²) < 4.78 is 13.1. The molecule has 1 aromatic rings. The van der Waals surface area contributed by atoms with Crippen molar-refractivity contribution < 1.29 is 9.50 Å². The highest BCUT2D eigenvalue weighted by Gasteiger charge is 2.33. The van der Waals surface area contributed by atoms with Crippen LogP contribution < -0.4 is 0 Å². The Kier molecular flexibility index (Phi) is 3.50. The summed E-state index contributed by atoms with van der Waals surface area (Å²) in [6, 6.07) is 6.75. The van der Waals surface area contributed by atoms with E-state index in [1.807, 2.05) is 6.07 Å². The molecule has 0 aromatic heterocycles. The first-order chi connectivity index (χ1) is 7.97. The van der Waals surface area contributed by atoms with E-state index in [0.717, 1.165) is 31.5 Å². The number of hydrogen-bond acceptors (Lipinski definition) is 2. The van der Waals surface area contributed by atoms with Gasteiger partial charge in [-0.2, -0.15) is 0 Å². The fraction of sp³-hybridized carbons (Fsp3) is 0.571. The number of likely N-dealkylation sites (tertiary alicyclic amines) is 1. The predicted molar refractivity (Wildman–Crippen MR) is 66.1 cm³/mol. The largest absolute Gasteiger partial charge is 0.393 e. The van der Waals surface area contributed by atoms with E-state index in [2.05, 4.69) is 18.7 Å². The van der Waals surface area contributed by atoms with Gasteiger partial charge in [-0.25, -0.2) is 4.39 Å². The molecule has 0 radical (unpaired) electrons. The highest BCUT2D eigenvalue weighted by atomic mass is 19.1. The van der Waals surface area contributed by atoms with Gasteiger partial charge in [-0.3, -0.25) is 4.90 Å². The summed E-state index contributed by atoms with van der Waals surface area (Å²) in [6.07, 6.45) is 1.38. The second-order valence-corrected chi connectivity index (χ2v) is 5.51. The number of rotatable bonds is 2. The van der Waals surface area contributed by atoms with Crippen LogP contribution in [0.5, 0.6) is 0 Å². The average molecular weight is 237 g/mol.